The van der Waals surface area contributed by atoms with Gasteiger partial charge in [-0.1, -0.05) is 15.9 Å². The highest BCUT2D eigenvalue weighted by atomic mass is 79.9. The van der Waals surface area contributed by atoms with Crippen LogP contribution >= 0.6 is 15.9 Å². The fraction of sp³-hybridized carbons (Fsp3) is 0.500. The van der Waals surface area contributed by atoms with Crippen LogP contribution in [0.3, 0.4) is 0 Å². The summed E-state index contributed by atoms with van der Waals surface area (Å²) in [6.07, 6.45) is 2.16. The molecule has 1 aromatic carbocycles. The minimum Gasteiger partial charge on any atom is -0.381 e. The Hall–Kier alpha value is -0.740. The number of fused-ring (bicyclic) bond motifs is 1. The quantitative estimate of drug-likeness (QED) is 0.768. The number of nitrogens with one attached hydrogen (secondary N) is 2. The molecule has 0 amide bonds. The summed E-state index contributed by atoms with van der Waals surface area (Å²) in [7, 11) is 0. The van der Waals surface area contributed by atoms with E-state index in [4.69, 9.17) is 4.74 Å². The van der Waals surface area contributed by atoms with Crippen LogP contribution in [0.4, 0.5) is 11.4 Å². The Bertz CT molecular complexity index is 402. The molecule has 2 aliphatic heterocycles. The van der Waals surface area contributed by atoms with Crippen molar-refractivity contribution in [3.05, 3.63) is 22.7 Å². The van der Waals surface area contributed by atoms with Crippen molar-refractivity contribution in [3.63, 3.8) is 0 Å². The lowest BCUT2D eigenvalue weighted by Gasteiger charge is -2.43. The van der Waals surface area contributed by atoms with E-state index in [1.54, 1.807) is 0 Å². The lowest BCUT2D eigenvalue weighted by atomic mass is 9.87. The largest absolute Gasteiger partial charge is 0.381 e. The van der Waals surface area contributed by atoms with Crippen LogP contribution < -0.4 is 10.6 Å². The minimum atomic E-state index is 0.194. The molecule has 1 aromatic rings. The summed E-state index contributed by atoms with van der Waals surface area (Å²) in [5, 5.41) is 7.19. The first-order chi connectivity index (χ1) is 7.77. The molecule has 2 N–H and O–H groups in total. The molecule has 1 saturated heterocycles. The lowest BCUT2D eigenvalue weighted by molar-refractivity contribution is 0.0635. The van der Waals surface area contributed by atoms with Crippen LogP contribution in [-0.4, -0.2) is 25.3 Å². The van der Waals surface area contributed by atoms with Crippen LogP contribution in [-0.2, 0) is 4.74 Å². The number of rotatable bonds is 0. The molecule has 0 atom stereocenters. The van der Waals surface area contributed by atoms with Crippen LogP contribution in [0.1, 0.15) is 12.8 Å². The van der Waals surface area contributed by atoms with Crippen molar-refractivity contribution in [2.45, 2.75) is 18.4 Å². The molecule has 1 spiro atoms. The van der Waals surface area contributed by atoms with Gasteiger partial charge in [-0.2, -0.15) is 0 Å². The number of hydrogen-bond donors (Lipinski definition) is 2. The van der Waals surface area contributed by atoms with Gasteiger partial charge in [-0.15, -0.1) is 0 Å². The van der Waals surface area contributed by atoms with Gasteiger partial charge in [-0.05, 0) is 31.0 Å². The highest BCUT2D eigenvalue weighted by molar-refractivity contribution is 9.10. The van der Waals surface area contributed by atoms with E-state index < -0.39 is 0 Å². The fourth-order valence-electron chi connectivity index (χ4n) is 2.43. The van der Waals surface area contributed by atoms with Gasteiger partial charge < -0.3 is 15.4 Å². The molecule has 3 nitrogen and oxygen atoms in total. The van der Waals surface area contributed by atoms with Gasteiger partial charge in [0.05, 0.1) is 16.9 Å². The SMILES string of the molecule is Brc1ccc2c(c1)NCC1(CCOCC1)N2. The van der Waals surface area contributed by atoms with E-state index in [-0.39, 0.29) is 5.54 Å². The van der Waals surface area contributed by atoms with Crippen molar-refractivity contribution in [1.82, 2.24) is 0 Å². The summed E-state index contributed by atoms with van der Waals surface area (Å²) in [4.78, 5) is 0. The van der Waals surface area contributed by atoms with Gasteiger partial charge in [0.25, 0.3) is 0 Å². The standard InChI is InChI=1S/C12H15BrN2O/c13-9-1-2-10-11(7-9)14-8-12(15-10)3-5-16-6-4-12/h1-2,7,14-15H,3-6,8H2. The van der Waals surface area contributed by atoms with E-state index in [1.165, 1.54) is 11.4 Å². The average Bonchev–Trinajstić information content (AvgIpc) is 2.31. The molecule has 0 unspecified atom stereocenters. The number of anilines is 2. The van der Waals surface area contributed by atoms with E-state index >= 15 is 0 Å². The zero-order valence-electron chi connectivity index (χ0n) is 9.05. The summed E-state index contributed by atoms with van der Waals surface area (Å²) >= 11 is 3.49. The van der Waals surface area contributed by atoms with Crippen molar-refractivity contribution in [2.24, 2.45) is 0 Å². The van der Waals surface area contributed by atoms with Gasteiger partial charge >= 0.3 is 0 Å². The predicted octanol–water partition coefficient (Wildman–Crippen LogP) is 2.84. The van der Waals surface area contributed by atoms with Crippen LogP contribution in [0, 0.1) is 0 Å². The van der Waals surface area contributed by atoms with Crippen molar-refractivity contribution in [1.29, 1.82) is 0 Å². The van der Waals surface area contributed by atoms with Crippen LogP contribution in [0.5, 0.6) is 0 Å². The van der Waals surface area contributed by atoms with Crippen LogP contribution in [0.25, 0.3) is 0 Å². The number of hydrogen-bond acceptors (Lipinski definition) is 3. The van der Waals surface area contributed by atoms with Gasteiger partial charge in [0, 0.05) is 24.2 Å². The second-order valence-corrected chi connectivity index (χ2v) is 5.48. The Balaban J connectivity index is 1.88. The Kier molecular flexibility index (Phi) is 2.56. The highest BCUT2D eigenvalue weighted by Crippen LogP contribution is 2.36. The van der Waals surface area contributed by atoms with Crippen molar-refractivity contribution < 1.29 is 4.74 Å². The van der Waals surface area contributed by atoms with Gasteiger partial charge in [0.1, 0.15) is 0 Å². The molecule has 2 heterocycles. The van der Waals surface area contributed by atoms with Crippen LogP contribution in [0.2, 0.25) is 0 Å². The van der Waals surface area contributed by atoms with Crippen LogP contribution in [0.15, 0.2) is 22.7 Å². The average molecular weight is 283 g/mol. The first-order valence-electron chi connectivity index (χ1n) is 5.67. The Labute approximate surface area is 104 Å². The molecule has 86 valence electrons. The third-order valence-electron chi connectivity index (χ3n) is 3.45. The third-order valence-corrected chi connectivity index (χ3v) is 3.94. The van der Waals surface area contributed by atoms with Crippen molar-refractivity contribution >= 4 is 27.3 Å². The maximum absolute atomic E-state index is 5.43. The monoisotopic (exact) mass is 282 g/mol. The molecular formula is C12H15BrN2O. The molecule has 0 radical (unpaired) electrons. The molecule has 16 heavy (non-hydrogen) atoms. The summed E-state index contributed by atoms with van der Waals surface area (Å²) in [5.74, 6) is 0. The van der Waals surface area contributed by atoms with E-state index in [0.29, 0.717) is 0 Å². The predicted molar refractivity (Wildman–Crippen MR) is 69.0 cm³/mol. The Morgan fingerprint density at radius 3 is 2.81 bits per heavy atom. The first kappa shape index (κ1) is 10.4. The van der Waals surface area contributed by atoms with E-state index in [1.807, 2.05) is 0 Å². The molecule has 0 aromatic heterocycles. The zero-order chi connectivity index (χ0) is 11.0. The second-order valence-electron chi connectivity index (χ2n) is 4.56. The maximum Gasteiger partial charge on any atom is 0.0590 e. The van der Waals surface area contributed by atoms with Gasteiger partial charge in [0.15, 0.2) is 0 Å². The maximum atomic E-state index is 5.43. The highest BCUT2D eigenvalue weighted by Gasteiger charge is 2.35. The molecule has 0 saturated carbocycles. The van der Waals surface area contributed by atoms with Gasteiger partial charge in [0.2, 0.25) is 0 Å². The first-order valence-corrected chi connectivity index (χ1v) is 6.46. The van der Waals surface area contributed by atoms with E-state index in [2.05, 4.69) is 44.8 Å². The molecule has 3 rings (SSSR count). The molecule has 2 aliphatic rings. The molecular weight excluding hydrogens is 268 g/mol. The third kappa shape index (κ3) is 1.80. The number of benzene rings is 1. The molecule has 0 bridgehead atoms. The number of halogens is 1. The number of ether oxygens (including phenoxy) is 1. The summed E-state index contributed by atoms with van der Waals surface area (Å²) < 4.78 is 6.54. The van der Waals surface area contributed by atoms with E-state index in [9.17, 15) is 0 Å². The summed E-state index contributed by atoms with van der Waals surface area (Å²) in [6, 6.07) is 6.32. The summed E-state index contributed by atoms with van der Waals surface area (Å²) in [6.45, 7) is 2.71. The van der Waals surface area contributed by atoms with E-state index in [0.717, 1.165) is 37.1 Å². The Morgan fingerprint density at radius 1 is 1.19 bits per heavy atom. The topological polar surface area (TPSA) is 33.3 Å². The van der Waals surface area contributed by atoms with Crippen molar-refractivity contribution in [3.8, 4) is 0 Å². The second kappa shape index (κ2) is 3.93. The normalized spacial score (nSPS) is 22.1. The minimum absolute atomic E-state index is 0.194. The molecule has 4 heteroatoms. The van der Waals surface area contributed by atoms with Gasteiger partial charge in [-0.25, -0.2) is 0 Å². The summed E-state index contributed by atoms with van der Waals surface area (Å²) in [5.41, 5.74) is 2.59. The zero-order valence-corrected chi connectivity index (χ0v) is 10.6. The smallest absolute Gasteiger partial charge is 0.0590 e. The van der Waals surface area contributed by atoms with Crippen molar-refractivity contribution in [2.75, 3.05) is 30.4 Å². The van der Waals surface area contributed by atoms with Gasteiger partial charge in [-0.3, -0.25) is 0 Å². The fourth-order valence-corrected chi connectivity index (χ4v) is 2.79. The lowest BCUT2D eigenvalue weighted by Crippen LogP contribution is -2.51. The molecule has 0 aliphatic carbocycles. The Morgan fingerprint density at radius 2 is 2.00 bits per heavy atom. The molecule has 1 fully saturated rings.